The van der Waals surface area contributed by atoms with Crippen molar-refractivity contribution in [3.63, 3.8) is 0 Å². The van der Waals surface area contributed by atoms with Crippen LogP contribution in [0.15, 0.2) is 23.4 Å². The highest BCUT2D eigenvalue weighted by molar-refractivity contribution is 5.90. The predicted octanol–water partition coefficient (Wildman–Crippen LogP) is 0.530. The average molecular weight is 230 g/mol. The van der Waals surface area contributed by atoms with Crippen LogP contribution in [0.1, 0.15) is 6.92 Å². The molecular formula is C10H10N6O. The van der Waals surface area contributed by atoms with Crippen molar-refractivity contribution in [1.29, 1.82) is 0 Å². The second-order valence-corrected chi connectivity index (χ2v) is 3.62. The molecule has 0 amide bonds. The number of fused-ring (bicyclic) bond motifs is 1. The van der Waals surface area contributed by atoms with E-state index in [1.165, 1.54) is 0 Å². The quantitative estimate of drug-likeness (QED) is 0.671. The summed E-state index contributed by atoms with van der Waals surface area (Å²) in [5.41, 5.74) is 2.61. The monoisotopic (exact) mass is 230 g/mol. The molecule has 0 saturated heterocycles. The molecule has 17 heavy (non-hydrogen) atoms. The number of rotatable bonds is 2. The van der Waals surface area contributed by atoms with Crippen LogP contribution >= 0.6 is 0 Å². The van der Waals surface area contributed by atoms with Crippen LogP contribution in [-0.4, -0.2) is 30.2 Å². The van der Waals surface area contributed by atoms with Gasteiger partial charge in [-0.2, -0.15) is 5.10 Å². The lowest BCUT2D eigenvalue weighted by Gasteiger charge is -2.02. The average Bonchev–Trinajstić information content (AvgIpc) is 2.98. The summed E-state index contributed by atoms with van der Waals surface area (Å²) >= 11 is 0. The SMILES string of the molecule is CCn1nnc2c(=O)[nH]cc(-c3cn[nH]c3)c21. The molecular weight excluding hydrogens is 220 g/mol. The smallest absolute Gasteiger partial charge is 0.278 e. The first-order valence-corrected chi connectivity index (χ1v) is 5.25. The van der Waals surface area contributed by atoms with E-state index in [0.29, 0.717) is 12.1 Å². The van der Waals surface area contributed by atoms with Gasteiger partial charge in [-0.1, -0.05) is 5.21 Å². The zero-order valence-corrected chi connectivity index (χ0v) is 9.14. The van der Waals surface area contributed by atoms with E-state index in [9.17, 15) is 4.79 Å². The summed E-state index contributed by atoms with van der Waals surface area (Å²) in [5, 5.41) is 14.5. The first-order chi connectivity index (χ1) is 8.31. The Kier molecular flexibility index (Phi) is 2.04. The molecule has 0 atom stereocenters. The fourth-order valence-electron chi connectivity index (χ4n) is 1.85. The second kappa shape index (κ2) is 3.55. The molecule has 0 aliphatic rings. The minimum absolute atomic E-state index is 0.230. The van der Waals surface area contributed by atoms with E-state index >= 15 is 0 Å². The molecule has 2 N–H and O–H groups in total. The van der Waals surface area contributed by atoms with Crippen molar-refractivity contribution in [2.75, 3.05) is 0 Å². The Labute approximate surface area is 95.5 Å². The summed E-state index contributed by atoms with van der Waals surface area (Å²) in [4.78, 5) is 14.3. The van der Waals surface area contributed by atoms with Gasteiger partial charge in [0.15, 0.2) is 5.52 Å². The number of nitrogens with zero attached hydrogens (tertiary/aromatic N) is 4. The largest absolute Gasteiger partial charge is 0.326 e. The first-order valence-electron chi connectivity index (χ1n) is 5.25. The van der Waals surface area contributed by atoms with Gasteiger partial charge in [0.1, 0.15) is 5.52 Å². The Morgan fingerprint density at radius 1 is 1.41 bits per heavy atom. The third-order valence-electron chi connectivity index (χ3n) is 2.66. The standard InChI is InChI=1S/C10H10N6O/c1-2-16-9-7(6-3-12-13-4-6)5-11-10(17)8(9)14-15-16/h3-5H,2H2,1H3,(H,11,17)(H,12,13). The molecule has 7 heteroatoms. The molecule has 0 radical (unpaired) electrons. The third-order valence-corrected chi connectivity index (χ3v) is 2.66. The maximum atomic E-state index is 11.6. The number of H-pyrrole nitrogens is 2. The summed E-state index contributed by atoms with van der Waals surface area (Å²) in [6.45, 7) is 2.61. The molecule has 3 aromatic rings. The van der Waals surface area contributed by atoms with Gasteiger partial charge in [0.05, 0.1) is 6.20 Å². The lowest BCUT2D eigenvalue weighted by atomic mass is 10.1. The van der Waals surface area contributed by atoms with Crippen molar-refractivity contribution < 1.29 is 0 Å². The van der Waals surface area contributed by atoms with Crippen molar-refractivity contribution in [2.45, 2.75) is 13.5 Å². The lowest BCUT2D eigenvalue weighted by Crippen LogP contribution is -2.07. The highest BCUT2D eigenvalue weighted by Gasteiger charge is 2.13. The summed E-state index contributed by atoms with van der Waals surface area (Å²) in [7, 11) is 0. The maximum absolute atomic E-state index is 11.6. The minimum atomic E-state index is -0.230. The van der Waals surface area contributed by atoms with E-state index in [2.05, 4.69) is 25.5 Å². The zero-order valence-electron chi connectivity index (χ0n) is 9.14. The number of aryl methyl sites for hydroxylation is 1. The molecule has 0 aliphatic heterocycles. The minimum Gasteiger partial charge on any atom is -0.326 e. The van der Waals surface area contributed by atoms with Gasteiger partial charge in [-0.25, -0.2) is 4.68 Å². The van der Waals surface area contributed by atoms with Crippen LogP contribution in [-0.2, 0) is 6.54 Å². The number of aromatic nitrogens is 6. The van der Waals surface area contributed by atoms with E-state index in [1.807, 2.05) is 6.92 Å². The van der Waals surface area contributed by atoms with Gasteiger partial charge in [0.25, 0.3) is 5.56 Å². The number of pyridine rings is 1. The fourth-order valence-corrected chi connectivity index (χ4v) is 1.85. The van der Waals surface area contributed by atoms with Crippen LogP contribution < -0.4 is 5.56 Å². The fraction of sp³-hybridized carbons (Fsp3) is 0.200. The van der Waals surface area contributed by atoms with Crippen LogP contribution in [0.25, 0.3) is 22.2 Å². The van der Waals surface area contributed by atoms with Gasteiger partial charge in [0, 0.05) is 30.1 Å². The van der Waals surface area contributed by atoms with Gasteiger partial charge in [-0.3, -0.25) is 9.89 Å². The summed E-state index contributed by atoms with van der Waals surface area (Å²) in [6.07, 6.45) is 5.12. The Morgan fingerprint density at radius 3 is 3.00 bits per heavy atom. The summed E-state index contributed by atoms with van der Waals surface area (Å²) in [6, 6.07) is 0. The molecule has 0 aliphatic carbocycles. The summed E-state index contributed by atoms with van der Waals surface area (Å²) in [5.74, 6) is 0. The van der Waals surface area contributed by atoms with Crippen molar-refractivity contribution in [3.05, 3.63) is 28.9 Å². The Balaban J connectivity index is 2.43. The van der Waals surface area contributed by atoms with Crippen LogP contribution in [0.2, 0.25) is 0 Å². The maximum Gasteiger partial charge on any atom is 0.278 e. The topological polar surface area (TPSA) is 92.2 Å². The molecule has 0 saturated carbocycles. The van der Waals surface area contributed by atoms with Gasteiger partial charge in [-0.15, -0.1) is 5.10 Å². The van der Waals surface area contributed by atoms with Crippen LogP contribution in [0.3, 0.4) is 0 Å². The highest BCUT2D eigenvalue weighted by Crippen LogP contribution is 2.23. The van der Waals surface area contributed by atoms with E-state index < -0.39 is 0 Å². The van der Waals surface area contributed by atoms with E-state index in [4.69, 9.17) is 0 Å². The summed E-state index contributed by atoms with van der Waals surface area (Å²) < 4.78 is 1.70. The zero-order chi connectivity index (χ0) is 11.8. The molecule has 3 aromatic heterocycles. The molecule has 0 unspecified atom stereocenters. The van der Waals surface area contributed by atoms with Gasteiger partial charge < -0.3 is 4.98 Å². The first kappa shape index (κ1) is 9.76. The Hall–Kier alpha value is -2.44. The second-order valence-electron chi connectivity index (χ2n) is 3.62. The molecule has 7 nitrogen and oxygen atoms in total. The van der Waals surface area contributed by atoms with E-state index in [0.717, 1.165) is 16.6 Å². The van der Waals surface area contributed by atoms with Gasteiger partial charge in [0.2, 0.25) is 0 Å². The normalized spacial score (nSPS) is 11.1. The van der Waals surface area contributed by atoms with Crippen LogP contribution in [0.5, 0.6) is 0 Å². The molecule has 0 aromatic carbocycles. The number of hydrogen-bond acceptors (Lipinski definition) is 4. The van der Waals surface area contributed by atoms with Crippen molar-refractivity contribution >= 4 is 11.0 Å². The molecule has 0 bridgehead atoms. The van der Waals surface area contributed by atoms with Crippen LogP contribution in [0, 0.1) is 0 Å². The van der Waals surface area contributed by atoms with Gasteiger partial charge in [-0.05, 0) is 6.92 Å². The number of nitrogens with one attached hydrogen (secondary N) is 2. The third kappa shape index (κ3) is 1.36. The lowest BCUT2D eigenvalue weighted by molar-refractivity contribution is 0.646. The van der Waals surface area contributed by atoms with Crippen molar-refractivity contribution in [1.82, 2.24) is 30.2 Å². The number of hydrogen-bond donors (Lipinski definition) is 2. The van der Waals surface area contributed by atoms with Crippen molar-refractivity contribution in [3.8, 4) is 11.1 Å². The predicted molar refractivity (Wildman–Crippen MR) is 61.4 cm³/mol. The molecule has 0 fully saturated rings. The van der Waals surface area contributed by atoms with Gasteiger partial charge >= 0.3 is 0 Å². The Bertz CT molecular complexity index is 708. The highest BCUT2D eigenvalue weighted by atomic mass is 16.1. The molecule has 0 spiro atoms. The van der Waals surface area contributed by atoms with E-state index in [1.54, 1.807) is 23.3 Å². The Morgan fingerprint density at radius 2 is 2.29 bits per heavy atom. The number of aromatic amines is 2. The van der Waals surface area contributed by atoms with E-state index in [-0.39, 0.29) is 5.56 Å². The van der Waals surface area contributed by atoms with Crippen LogP contribution in [0.4, 0.5) is 0 Å². The molecule has 86 valence electrons. The molecule has 3 heterocycles. The molecule has 3 rings (SSSR count). The van der Waals surface area contributed by atoms with Crippen molar-refractivity contribution in [2.24, 2.45) is 0 Å².